The Morgan fingerprint density at radius 1 is 0.766 bits per heavy atom. The molecule has 8 atom stereocenters. The third-order valence-corrected chi connectivity index (χ3v) is 16.3. The lowest BCUT2D eigenvalue weighted by molar-refractivity contribution is -0.213. The molecule has 0 saturated heterocycles. The molecule has 0 aliphatic heterocycles. The predicted molar refractivity (Wildman–Crippen MR) is 197 cm³/mol. The highest BCUT2D eigenvalue weighted by Gasteiger charge is 2.68. The minimum Gasteiger partial charge on any atom is -0.462 e. The Hall–Kier alpha value is -0.830. The second-order valence-corrected chi connectivity index (χ2v) is 19.9. The van der Waals surface area contributed by atoms with E-state index in [0.717, 1.165) is 19.3 Å². The van der Waals surface area contributed by atoms with Crippen LogP contribution in [0.2, 0.25) is 0 Å². The number of aliphatic hydroxyl groups excluding tert-OH is 1. The number of esters is 1. The smallest absolute Gasteiger partial charge is 0.306 e. The second-order valence-electron chi connectivity index (χ2n) is 19.9. The van der Waals surface area contributed by atoms with Crippen molar-refractivity contribution in [3.05, 3.63) is 11.6 Å². The fourth-order valence-electron chi connectivity index (χ4n) is 13.0. The number of fused-ring (bicyclic) bond motifs is 7. The molecule has 0 spiro atoms. The van der Waals surface area contributed by atoms with Crippen LogP contribution in [0, 0.1) is 50.2 Å². The molecular weight excluding hydrogens is 576 g/mol. The van der Waals surface area contributed by atoms with E-state index in [-0.39, 0.29) is 39.1 Å². The molecular formula is C44H76O3. The van der Waals surface area contributed by atoms with Crippen molar-refractivity contribution in [2.24, 2.45) is 50.2 Å². The van der Waals surface area contributed by atoms with E-state index in [1.807, 2.05) is 0 Å². The molecule has 4 saturated carbocycles. The van der Waals surface area contributed by atoms with Crippen LogP contribution in [0.4, 0.5) is 0 Å². The fourth-order valence-corrected chi connectivity index (χ4v) is 13.0. The highest BCUT2D eigenvalue weighted by Crippen LogP contribution is 2.75. The van der Waals surface area contributed by atoms with Gasteiger partial charge in [-0.3, -0.25) is 4.79 Å². The first-order valence-electron chi connectivity index (χ1n) is 20.7. The first-order valence-corrected chi connectivity index (χ1v) is 20.7. The van der Waals surface area contributed by atoms with Crippen molar-refractivity contribution in [3.8, 4) is 0 Å². The van der Waals surface area contributed by atoms with Gasteiger partial charge in [0.2, 0.25) is 0 Å². The summed E-state index contributed by atoms with van der Waals surface area (Å²) in [6.07, 6.45) is 29.7. The van der Waals surface area contributed by atoms with Gasteiger partial charge in [-0.2, -0.15) is 0 Å². The van der Waals surface area contributed by atoms with Gasteiger partial charge in [0.15, 0.2) is 0 Å². The van der Waals surface area contributed by atoms with E-state index in [9.17, 15) is 9.90 Å². The first-order chi connectivity index (χ1) is 22.2. The Morgan fingerprint density at radius 3 is 2.02 bits per heavy atom. The standard InChI is InChI=1S/C44H76O3/c1-9-10-11-12-13-14-15-16-17-18-19-20-38(46)47-37-24-25-41(6)35(40(37,4)5)23-26-43(8)36(41)22-21-33-34-31-39(2,3)27-29-44(34,32-45)30-28-42(33,43)7/h21,34-37,45H,9-20,22-32H2,1-8H3. The lowest BCUT2D eigenvalue weighted by Gasteiger charge is -2.71. The van der Waals surface area contributed by atoms with Crippen molar-refractivity contribution in [1.29, 1.82) is 0 Å². The maximum Gasteiger partial charge on any atom is 0.306 e. The molecule has 0 radical (unpaired) electrons. The summed E-state index contributed by atoms with van der Waals surface area (Å²) in [6.45, 7) is 20.4. The van der Waals surface area contributed by atoms with E-state index >= 15 is 0 Å². The summed E-state index contributed by atoms with van der Waals surface area (Å²) in [5.74, 6) is 1.82. The number of unbranched alkanes of at least 4 members (excludes halogenated alkanes) is 10. The normalized spacial score (nSPS) is 40.3. The Balaban J connectivity index is 1.18. The Kier molecular flexibility index (Phi) is 11.5. The van der Waals surface area contributed by atoms with Gasteiger partial charge < -0.3 is 9.84 Å². The van der Waals surface area contributed by atoms with E-state index < -0.39 is 0 Å². The maximum absolute atomic E-state index is 13.1. The molecule has 0 amide bonds. The van der Waals surface area contributed by atoms with Crippen molar-refractivity contribution in [1.82, 2.24) is 0 Å². The van der Waals surface area contributed by atoms with Crippen LogP contribution in [-0.2, 0) is 9.53 Å². The molecule has 0 bridgehead atoms. The zero-order chi connectivity index (χ0) is 34.1. The zero-order valence-electron chi connectivity index (χ0n) is 32.4. The number of carbonyl (C=O) groups is 1. The van der Waals surface area contributed by atoms with Crippen molar-refractivity contribution >= 4 is 5.97 Å². The number of ether oxygens (including phenoxy) is 1. The van der Waals surface area contributed by atoms with Gasteiger partial charge in [0.25, 0.3) is 0 Å². The molecule has 3 nitrogen and oxygen atoms in total. The van der Waals surface area contributed by atoms with Gasteiger partial charge in [-0.15, -0.1) is 0 Å². The third kappa shape index (κ3) is 6.94. The molecule has 5 rings (SSSR count). The van der Waals surface area contributed by atoms with Crippen LogP contribution in [0.25, 0.3) is 0 Å². The van der Waals surface area contributed by atoms with Gasteiger partial charge in [-0.05, 0) is 110 Å². The largest absolute Gasteiger partial charge is 0.462 e. The molecule has 0 aromatic heterocycles. The summed E-state index contributed by atoms with van der Waals surface area (Å²) in [6, 6.07) is 0. The van der Waals surface area contributed by atoms with Crippen LogP contribution < -0.4 is 0 Å². The van der Waals surface area contributed by atoms with Crippen LogP contribution in [0.15, 0.2) is 11.6 Å². The SMILES string of the molecule is CCCCCCCCCCCCCC(=O)OC1CCC2(C)C(CCC3(C)C2CC=C2C4CC(C)(C)CCC4(CO)CCC23C)C1(C)C. The first kappa shape index (κ1) is 37.4. The van der Waals surface area contributed by atoms with Crippen LogP contribution >= 0.6 is 0 Å². The number of rotatable bonds is 14. The summed E-state index contributed by atoms with van der Waals surface area (Å²) < 4.78 is 6.39. The molecule has 270 valence electrons. The van der Waals surface area contributed by atoms with E-state index in [2.05, 4.69) is 61.5 Å². The minimum atomic E-state index is -0.00197. The third-order valence-electron chi connectivity index (χ3n) is 16.3. The minimum absolute atomic E-state index is 0.00197. The molecule has 47 heavy (non-hydrogen) atoms. The Bertz CT molecular complexity index is 1100. The van der Waals surface area contributed by atoms with Crippen LogP contribution in [-0.4, -0.2) is 23.8 Å². The van der Waals surface area contributed by atoms with Crippen LogP contribution in [0.3, 0.4) is 0 Å². The molecule has 1 N–H and O–H groups in total. The fraction of sp³-hybridized carbons (Fsp3) is 0.932. The lowest BCUT2D eigenvalue weighted by atomic mass is 9.33. The van der Waals surface area contributed by atoms with Gasteiger partial charge in [0.05, 0.1) is 0 Å². The lowest BCUT2D eigenvalue weighted by Crippen LogP contribution is -2.65. The number of allylic oxidation sites excluding steroid dienone is 2. The van der Waals surface area contributed by atoms with Crippen molar-refractivity contribution in [2.45, 2.75) is 203 Å². The maximum atomic E-state index is 13.1. The average molecular weight is 653 g/mol. The average Bonchev–Trinajstić information content (AvgIpc) is 3.01. The van der Waals surface area contributed by atoms with Gasteiger partial charge >= 0.3 is 5.97 Å². The molecule has 8 unspecified atom stereocenters. The summed E-state index contributed by atoms with van der Waals surface area (Å²) in [7, 11) is 0. The monoisotopic (exact) mass is 653 g/mol. The Labute approximate surface area is 291 Å². The van der Waals surface area contributed by atoms with E-state index in [0.29, 0.717) is 36.2 Å². The molecule has 0 heterocycles. The van der Waals surface area contributed by atoms with Gasteiger partial charge in [0, 0.05) is 23.9 Å². The van der Waals surface area contributed by atoms with Gasteiger partial charge in [-0.25, -0.2) is 0 Å². The number of aliphatic hydroxyl groups is 1. The van der Waals surface area contributed by atoms with Gasteiger partial charge in [0.1, 0.15) is 6.10 Å². The number of carbonyl (C=O) groups excluding carboxylic acids is 1. The summed E-state index contributed by atoms with van der Waals surface area (Å²) in [4.78, 5) is 13.1. The topological polar surface area (TPSA) is 46.5 Å². The number of hydrogen-bond acceptors (Lipinski definition) is 3. The highest BCUT2D eigenvalue weighted by atomic mass is 16.5. The predicted octanol–water partition coefficient (Wildman–Crippen LogP) is 12.4. The summed E-state index contributed by atoms with van der Waals surface area (Å²) in [5, 5.41) is 10.8. The quantitative estimate of drug-likeness (QED) is 0.115. The van der Waals surface area contributed by atoms with E-state index in [1.165, 1.54) is 116 Å². The molecule has 3 heteroatoms. The molecule has 4 fully saturated rings. The molecule has 5 aliphatic carbocycles. The summed E-state index contributed by atoms with van der Waals surface area (Å²) in [5.41, 5.74) is 2.94. The Morgan fingerprint density at radius 2 is 1.38 bits per heavy atom. The van der Waals surface area contributed by atoms with Gasteiger partial charge in [-0.1, -0.05) is 131 Å². The van der Waals surface area contributed by atoms with E-state index in [1.54, 1.807) is 5.57 Å². The van der Waals surface area contributed by atoms with E-state index in [4.69, 9.17) is 4.74 Å². The number of hydrogen-bond donors (Lipinski definition) is 1. The molecule has 5 aliphatic rings. The van der Waals surface area contributed by atoms with Crippen molar-refractivity contribution < 1.29 is 14.6 Å². The highest BCUT2D eigenvalue weighted by molar-refractivity contribution is 5.69. The molecule has 0 aromatic carbocycles. The zero-order valence-corrected chi connectivity index (χ0v) is 32.4. The summed E-state index contributed by atoms with van der Waals surface area (Å²) >= 11 is 0. The molecule has 0 aromatic rings. The van der Waals surface area contributed by atoms with Crippen molar-refractivity contribution in [2.75, 3.05) is 6.61 Å². The second kappa shape index (κ2) is 14.4. The van der Waals surface area contributed by atoms with Crippen molar-refractivity contribution in [3.63, 3.8) is 0 Å². The van der Waals surface area contributed by atoms with Crippen LogP contribution in [0.5, 0.6) is 0 Å². The van der Waals surface area contributed by atoms with Crippen LogP contribution in [0.1, 0.15) is 197 Å².